The Morgan fingerprint density at radius 1 is 1.38 bits per heavy atom. The Balaban J connectivity index is 1.55. The highest BCUT2D eigenvalue weighted by Crippen LogP contribution is 2.23. The van der Waals surface area contributed by atoms with Crippen molar-refractivity contribution in [3.63, 3.8) is 0 Å². The van der Waals surface area contributed by atoms with E-state index in [1.54, 1.807) is 0 Å². The van der Waals surface area contributed by atoms with Crippen LogP contribution in [0.5, 0.6) is 0 Å². The SMILES string of the molecule is Cc1ccc(CNC[C@H]2CCc3nnc(C(C)C)n3C2)s1. The zero-order chi connectivity index (χ0) is 14.8. The third-order valence-electron chi connectivity index (χ3n) is 4.12. The molecule has 0 aromatic carbocycles. The summed E-state index contributed by atoms with van der Waals surface area (Å²) in [6.07, 6.45) is 2.27. The molecule has 0 unspecified atom stereocenters. The van der Waals surface area contributed by atoms with Crippen molar-refractivity contribution >= 4 is 11.3 Å². The highest BCUT2D eigenvalue weighted by molar-refractivity contribution is 7.11. The average Bonchev–Trinajstić information content (AvgIpc) is 3.04. The molecule has 114 valence electrons. The molecular formula is C16H24N4S. The molecule has 2 aromatic heterocycles. The van der Waals surface area contributed by atoms with E-state index in [4.69, 9.17) is 0 Å². The molecule has 1 aliphatic heterocycles. The van der Waals surface area contributed by atoms with Gasteiger partial charge in [-0.1, -0.05) is 13.8 Å². The fraction of sp³-hybridized carbons (Fsp3) is 0.625. The first-order valence-electron chi connectivity index (χ1n) is 7.81. The largest absolute Gasteiger partial charge is 0.314 e. The van der Waals surface area contributed by atoms with Crippen molar-refractivity contribution in [3.05, 3.63) is 33.5 Å². The minimum Gasteiger partial charge on any atom is -0.314 e. The summed E-state index contributed by atoms with van der Waals surface area (Å²) in [6, 6.07) is 4.42. The summed E-state index contributed by atoms with van der Waals surface area (Å²) < 4.78 is 2.34. The van der Waals surface area contributed by atoms with Crippen molar-refractivity contribution in [2.75, 3.05) is 6.54 Å². The van der Waals surface area contributed by atoms with Gasteiger partial charge in [0.1, 0.15) is 11.6 Å². The number of fused-ring (bicyclic) bond motifs is 1. The van der Waals surface area contributed by atoms with Gasteiger partial charge < -0.3 is 9.88 Å². The lowest BCUT2D eigenvalue weighted by molar-refractivity contribution is 0.340. The Hall–Kier alpha value is -1.20. The second kappa shape index (κ2) is 6.28. The van der Waals surface area contributed by atoms with Crippen LogP contribution in [0, 0.1) is 12.8 Å². The molecule has 0 amide bonds. The van der Waals surface area contributed by atoms with E-state index in [0.29, 0.717) is 11.8 Å². The van der Waals surface area contributed by atoms with Crippen LogP contribution in [-0.4, -0.2) is 21.3 Å². The number of aromatic nitrogens is 3. The summed E-state index contributed by atoms with van der Waals surface area (Å²) in [5.74, 6) is 3.45. The summed E-state index contributed by atoms with van der Waals surface area (Å²) in [6.45, 7) is 9.67. The third kappa shape index (κ3) is 3.35. The first kappa shape index (κ1) is 14.7. The summed E-state index contributed by atoms with van der Waals surface area (Å²) in [7, 11) is 0. The summed E-state index contributed by atoms with van der Waals surface area (Å²) in [5, 5.41) is 12.3. The van der Waals surface area contributed by atoms with Crippen molar-refractivity contribution in [2.24, 2.45) is 5.92 Å². The molecule has 1 N–H and O–H groups in total. The molecular weight excluding hydrogens is 280 g/mol. The van der Waals surface area contributed by atoms with Crippen LogP contribution in [-0.2, 0) is 19.5 Å². The van der Waals surface area contributed by atoms with Gasteiger partial charge in [0.05, 0.1) is 0 Å². The molecule has 2 aromatic rings. The van der Waals surface area contributed by atoms with Gasteiger partial charge in [0, 0.05) is 41.7 Å². The molecule has 0 aliphatic carbocycles. The molecule has 0 radical (unpaired) electrons. The average molecular weight is 304 g/mol. The topological polar surface area (TPSA) is 42.7 Å². The quantitative estimate of drug-likeness (QED) is 0.923. The van der Waals surface area contributed by atoms with Crippen LogP contribution in [0.2, 0.25) is 0 Å². The highest BCUT2D eigenvalue weighted by atomic mass is 32.1. The summed E-state index contributed by atoms with van der Waals surface area (Å²) in [4.78, 5) is 2.82. The smallest absolute Gasteiger partial charge is 0.135 e. The second-order valence-corrected chi connectivity index (χ2v) is 7.66. The van der Waals surface area contributed by atoms with Gasteiger partial charge in [-0.3, -0.25) is 0 Å². The van der Waals surface area contributed by atoms with Crippen LogP contribution in [0.25, 0.3) is 0 Å². The van der Waals surface area contributed by atoms with Crippen LogP contribution >= 0.6 is 11.3 Å². The molecule has 3 rings (SSSR count). The van der Waals surface area contributed by atoms with Crippen molar-refractivity contribution < 1.29 is 0 Å². The van der Waals surface area contributed by atoms with E-state index in [-0.39, 0.29) is 0 Å². The van der Waals surface area contributed by atoms with E-state index >= 15 is 0 Å². The number of nitrogens with one attached hydrogen (secondary N) is 1. The van der Waals surface area contributed by atoms with Gasteiger partial charge in [-0.15, -0.1) is 21.5 Å². The molecule has 3 heterocycles. The molecule has 0 bridgehead atoms. The van der Waals surface area contributed by atoms with Crippen LogP contribution in [0.4, 0.5) is 0 Å². The van der Waals surface area contributed by atoms with E-state index in [2.05, 4.69) is 53.0 Å². The highest BCUT2D eigenvalue weighted by Gasteiger charge is 2.23. The van der Waals surface area contributed by atoms with Crippen molar-refractivity contribution in [1.82, 2.24) is 20.1 Å². The van der Waals surface area contributed by atoms with Gasteiger partial charge in [-0.25, -0.2) is 0 Å². The molecule has 0 saturated heterocycles. The zero-order valence-corrected chi connectivity index (χ0v) is 13.9. The molecule has 0 saturated carbocycles. The van der Waals surface area contributed by atoms with Crippen LogP contribution < -0.4 is 5.32 Å². The first-order valence-corrected chi connectivity index (χ1v) is 8.63. The Bertz CT molecular complexity index is 599. The van der Waals surface area contributed by atoms with Gasteiger partial charge in [0.25, 0.3) is 0 Å². The van der Waals surface area contributed by atoms with E-state index in [1.165, 1.54) is 22.0 Å². The number of nitrogens with zero attached hydrogens (tertiary/aromatic N) is 3. The monoisotopic (exact) mass is 304 g/mol. The fourth-order valence-electron chi connectivity index (χ4n) is 2.99. The third-order valence-corrected chi connectivity index (χ3v) is 5.12. The minimum atomic E-state index is 0.451. The Morgan fingerprint density at radius 3 is 2.95 bits per heavy atom. The number of rotatable bonds is 5. The summed E-state index contributed by atoms with van der Waals surface area (Å²) >= 11 is 1.88. The zero-order valence-electron chi connectivity index (χ0n) is 13.1. The van der Waals surface area contributed by atoms with Gasteiger partial charge in [0.2, 0.25) is 0 Å². The van der Waals surface area contributed by atoms with Crippen LogP contribution in [0.15, 0.2) is 12.1 Å². The van der Waals surface area contributed by atoms with Gasteiger partial charge in [-0.05, 0) is 31.4 Å². The van der Waals surface area contributed by atoms with Gasteiger partial charge in [-0.2, -0.15) is 0 Å². The molecule has 21 heavy (non-hydrogen) atoms. The normalized spacial score (nSPS) is 18.2. The molecule has 0 fully saturated rings. The summed E-state index contributed by atoms with van der Waals surface area (Å²) in [5.41, 5.74) is 0. The van der Waals surface area contributed by atoms with E-state index in [0.717, 1.165) is 31.9 Å². The number of thiophene rings is 1. The number of hydrogen-bond acceptors (Lipinski definition) is 4. The lowest BCUT2D eigenvalue weighted by Crippen LogP contribution is -2.30. The predicted octanol–water partition coefficient (Wildman–Crippen LogP) is 3.12. The fourth-order valence-corrected chi connectivity index (χ4v) is 3.85. The standard InChI is InChI=1S/C16H24N4S/c1-11(2)16-19-18-15-7-5-13(10-20(15)16)8-17-9-14-6-4-12(3)21-14/h4,6,11,13,17H,5,7-10H2,1-3H3/t13-/m1/s1. The van der Waals surface area contributed by atoms with Gasteiger partial charge in [0.15, 0.2) is 0 Å². The van der Waals surface area contributed by atoms with E-state index in [1.807, 2.05) is 11.3 Å². The number of aryl methyl sites for hydroxylation is 2. The maximum absolute atomic E-state index is 4.36. The Kier molecular flexibility index (Phi) is 4.40. The first-order chi connectivity index (χ1) is 10.1. The lowest BCUT2D eigenvalue weighted by Gasteiger charge is -2.25. The molecule has 1 atom stereocenters. The van der Waals surface area contributed by atoms with Crippen molar-refractivity contribution in [1.29, 1.82) is 0 Å². The lowest BCUT2D eigenvalue weighted by atomic mass is 9.98. The van der Waals surface area contributed by atoms with Crippen LogP contribution in [0.1, 0.15) is 47.6 Å². The van der Waals surface area contributed by atoms with Crippen molar-refractivity contribution in [2.45, 2.75) is 52.6 Å². The minimum absolute atomic E-state index is 0.451. The molecule has 4 nitrogen and oxygen atoms in total. The predicted molar refractivity (Wildman–Crippen MR) is 86.7 cm³/mol. The maximum Gasteiger partial charge on any atom is 0.135 e. The molecule has 5 heteroatoms. The van der Waals surface area contributed by atoms with Crippen molar-refractivity contribution in [3.8, 4) is 0 Å². The van der Waals surface area contributed by atoms with E-state index in [9.17, 15) is 0 Å². The van der Waals surface area contributed by atoms with Crippen LogP contribution in [0.3, 0.4) is 0 Å². The maximum atomic E-state index is 4.36. The second-order valence-electron chi connectivity index (χ2n) is 6.29. The van der Waals surface area contributed by atoms with Gasteiger partial charge >= 0.3 is 0 Å². The number of hydrogen-bond donors (Lipinski definition) is 1. The Morgan fingerprint density at radius 2 is 2.24 bits per heavy atom. The van der Waals surface area contributed by atoms with E-state index < -0.39 is 0 Å². The molecule has 1 aliphatic rings. The Labute approximate surface area is 130 Å². The molecule has 0 spiro atoms.